The zero-order valence-electron chi connectivity index (χ0n) is 16.2. The number of benzene rings is 1. The third-order valence-corrected chi connectivity index (χ3v) is 5.37. The standard InChI is InChI=1S/C21H31N3O3/c1-16-21(26)24(18-10-6-7-11-19(18)27-16)15-12-20(25)23-14-13-22-17-8-4-2-3-5-9-17/h6-7,10-11,16-17,22H,2-5,8-9,12-15H2,1H3,(H,23,25). The van der Waals surface area contributed by atoms with Crippen molar-refractivity contribution in [2.45, 2.75) is 64.0 Å². The zero-order valence-corrected chi connectivity index (χ0v) is 16.2. The molecule has 0 saturated heterocycles. The number of hydrogen-bond acceptors (Lipinski definition) is 4. The van der Waals surface area contributed by atoms with Crippen molar-refractivity contribution in [2.24, 2.45) is 0 Å². The number of carbonyl (C=O) groups is 2. The third kappa shape index (κ3) is 5.45. The quantitative estimate of drug-likeness (QED) is 0.569. The topological polar surface area (TPSA) is 70.7 Å². The van der Waals surface area contributed by atoms with Gasteiger partial charge >= 0.3 is 0 Å². The summed E-state index contributed by atoms with van der Waals surface area (Å²) in [6.07, 6.45) is 7.54. The number of para-hydroxylation sites is 2. The average Bonchev–Trinajstić information content (AvgIpc) is 2.94. The summed E-state index contributed by atoms with van der Waals surface area (Å²) < 4.78 is 5.63. The number of nitrogens with one attached hydrogen (secondary N) is 2. The first kappa shape index (κ1) is 19.7. The molecule has 2 amide bonds. The highest BCUT2D eigenvalue weighted by Crippen LogP contribution is 2.33. The molecule has 1 fully saturated rings. The Labute approximate surface area is 161 Å². The van der Waals surface area contributed by atoms with E-state index in [9.17, 15) is 9.59 Å². The Bertz CT molecular complexity index is 641. The van der Waals surface area contributed by atoms with E-state index in [1.165, 1.54) is 38.5 Å². The Kier molecular flexibility index (Phi) is 7.10. The van der Waals surface area contributed by atoms with Gasteiger partial charge in [-0.15, -0.1) is 0 Å². The molecule has 0 radical (unpaired) electrons. The minimum atomic E-state index is -0.522. The monoisotopic (exact) mass is 373 g/mol. The zero-order chi connectivity index (χ0) is 19.1. The normalized spacial score (nSPS) is 20.6. The number of carbonyl (C=O) groups excluding carboxylic acids is 2. The molecule has 1 saturated carbocycles. The van der Waals surface area contributed by atoms with Crippen molar-refractivity contribution in [3.8, 4) is 5.75 Å². The van der Waals surface area contributed by atoms with Gasteiger partial charge in [0, 0.05) is 32.1 Å². The van der Waals surface area contributed by atoms with E-state index in [4.69, 9.17) is 4.74 Å². The summed E-state index contributed by atoms with van der Waals surface area (Å²) in [4.78, 5) is 26.3. The first-order valence-electron chi connectivity index (χ1n) is 10.2. The van der Waals surface area contributed by atoms with Crippen LogP contribution in [0.2, 0.25) is 0 Å². The molecule has 6 heteroatoms. The van der Waals surface area contributed by atoms with E-state index in [0.717, 1.165) is 12.2 Å². The number of anilines is 1. The van der Waals surface area contributed by atoms with Crippen LogP contribution in [-0.4, -0.2) is 43.6 Å². The maximum Gasteiger partial charge on any atom is 0.267 e. The molecule has 1 unspecified atom stereocenters. The van der Waals surface area contributed by atoms with E-state index >= 15 is 0 Å². The number of fused-ring (bicyclic) bond motifs is 1. The lowest BCUT2D eigenvalue weighted by Crippen LogP contribution is -2.46. The summed E-state index contributed by atoms with van der Waals surface area (Å²) in [5.41, 5.74) is 0.739. The maximum atomic E-state index is 12.4. The molecule has 0 aromatic heterocycles. The van der Waals surface area contributed by atoms with Crippen LogP contribution in [-0.2, 0) is 9.59 Å². The summed E-state index contributed by atoms with van der Waals surface area (Å²) in [5, 5.41) is 6.51. The fourth-order valence-corrected chi connectivity index (χ4v) is 3.85. The Morgan fingerprint density at radius 3 is 2.67 bits per heavy atom. The minimum absolute atomic E-state index is 0.0258. The van der Waals surface area contributed by atoms with Gasteiger partial charge in [0.05, 0.1) is 5.69 Å². The molecule has 6 nitrogen and oxygen atoms in total. The first-order chi connectivity index (χ1) is 13.1. The van der Waals surface area contributed by atoms with Crippen LogP contribution in [0.1, 0.15) is 51.9 Å². The highest BCUT2D eigenvalue weighted by atomic mass is 16.5. The molecule has 1 aliphatic carbocycles. The number of amides is 2. The predicted octanol–water partition coefficient (Wildman–Crippen LogP) is 2.62. The highest BCUT2D eigenvalue weighted by molar-refractivity contribution is 6.00. The lowest BCUT2D eigenvalue weighted by atomic mass is 10.1. The van der Waals surface area contributed by atoms with Gasteiger partial charge in [-0.2, -0.15) is 0 Å². The van der Waals surface area contributed by atoms with Crippen LogP contribution >= 0.6 is 0 Å². The van der Waals surface area contributed by atoms with E-state index < -0.39 is 6.10 Å². The van der Waals surface area contributed by atoms with Crippen molar-refractivity contribution in [1.82, 2.24) is 10.6 Å². The molecule has 1 atom stereocenters. The molecule has 3 rings (SSSR count). The maximum absolute atomic E-state index is 12.4. The minimum Gasteiger partial charge on any atom is -0.479 e. The average molecular weight is 373 g/mol. The SMILES string of the molecule is CC1Oc2ccccc2N(CCC(=O)NCCNC2CCCCCC2)C1=O. The summed E-state index contributed by atoms with van der Waals surface area (Å²) in [6.45, 7) is 3.53. The van der Waals surface area contributed by atoms with Gasteiger partial charge in [0.1, 0.15) is 5.75 Å². The summed E-state index contributed by atoms with van der Waals surface area (Å²) in [7, 11) is 0. The molecule has 1 aromatic carbocycles. The number of rotatable bonds is 7. The van der Waals surface area contributed by atoms with Crippen LogP contribution < -0.4 is 20.3 Å². The second-order valence-electron chi connectivity index (χ2n) is 7.46. The van der Waals surface area contributed by atoms with E-state index in [0.29, 0.717) is 24.9 Å². The number of ether oxygens (including phenoxy) is 1. The number of nitrogens with zero attached hydrogens (tertiary/aromatic N) is 1. The molecular formula is C21H31N3O3. The predicted molar refractivity (Wildman–Crippen MR) is 106 cm³/mol. The van der Waals surface area contributed by atoms with Crippen molar-refractivity contribution in [2.75, 3.05) is 24.5 Å². The Morgan fingerprint density at radius 1 is 1.15 bits per heavy atom. The fraction of sp³-hybridized carbons (Fsp3) is 0.619. The molecule has 148 valence electrons. The van der Waals surface area contributed by atoms with Crippen LogP contribution in [0.4, 0.5) is 5.69 Å². The van der Waals surface area contributed by atoms with Gasteiger partial charge in [-0.25, -0.2) is 0 Å². The largest absolute Gasteiger partial charge is 0.479 e. The summed E-state index contributed by atoms with van der Waals surface area (Å²) in [6, 6.07) is 8.05. The summed E-state index contributed by atoms with van der Waals surface area (Å²) >= 11 is 0. The van der Waals surface area contributed by atoms with Crippen LogP contribution in [0.15, 0.2) is 24.3 Å². The first-order valence-corrected chi connectivity index (χ1v) is 10.2. The number of hydrogen-bond donors (Lipinski definition) is 2. The second-order valence-corrected chi connectivity index (χ2v) is 7.46. The van der Waals surface area contributed by atoms with Gasteiger partial charge < -0.3 is 20.3 Å². The van der Waals surface area contributed by atoms with Gasteiger partial charge in [0.2, 0.25) is 5.91 Å². The van der Waals surface area contributed by atoms with Crippen molar-refractivity contribution >= 4 is 17.5 Å². The Morgan fingerprint density at radius 2 is 1.89 bits per heavy atom. The smallest absolute Gasteiger partial charge is 0.267 e. The van der Waals surface area contributed by atoms with Crippen molar-refractivity contribution in [3.63, 3.8) is 0 Å². The van der Waals surface area contributed by atoms with Gasteiger partial charge in [-0.1, -0.05) is 37.8 Å². The lowest BCUT2D eigenvalue weighted by Gasteiger charge is -2.32. The van der Waals surface area contributed by atoms with Crippen LogP contribution in [0, 0.1) is 0 Å². The molecular weight excluding hydrogens is 342 g/mol. The summed E-state index contributed by atoms with van der Waals surface area (Å²) in [5.74, 6) is 0.566. The lowest BCUT2D eigenvalue weighted by molar-refractivity contribution is -0.125. The Balaban J connectivity index is 1.40. The molecule has 1 heterocycles. The Hall–Kier alpha value is -2.08. The van der Waals surface area contributed by atoms with Gasteiger partial charge in [-0.05, 0) is 31.9 Å². The van der Waals surface area contributed by atoms with Crippen molar-refractivity contribution in [1.29, 1.82) is 0 Å². The van der Waals surface area contributed by atoms with E-state index in [1.807, 2.05) is 24.3 Å². The van der Waals surface area contributed by atoms with Crippen LogP contribution in [0.3, 0.4) is 0 Å². The van der Waals surface area contributed by atoms with Crippen LogP contribution in [0.5, 0.6) is 5.75 Å². The van der Waals surface area contributed by atoms with E-state index in [1.54, 1.807) is 11.8 Å². The van der Waals surface area contributed by atoms with Gasteiger partial charge in [0.25, 0.3) is 5.91 Å². The molecule has 1 aromatic rings. The van der Waals surface area contributed by atoms with E-state index in [2.05, 4.69) is 10.6 Å². The molecule has 0 bridgehead atoms. The van der Waals surface area contributed by atoms with Crippen LogP contribution in [0.25, 0.3) is 0 Å². The van der Waals surface area contributed by atoms with Gasteiger partial charge in [-0.3, -0.25) is 9.59 Å². The molecule has 2 N–H and O–H groups in total. The highest BCUT2D eigenvalue weighted by Gasteiger charge is 2.31. The molecule has 2 aliphatic rings. The fourth-order valence-electron chi connectivity index (χ4n) is 3.85. The molecule has 27 heavy (non-hydrogen) atoms. The second kappa shape index (κ2) is 9.74. The van der Waals surface area contributed by atoms with Crippen molar-refractivity contribution < 1.29 is 14.3 Å². The third-order valence-electron chi connectivity index (χ3n) is 5.37. The molecule has 1 aliphatic heterocycles. The van der Waals surface area contributed by atoms with E-state index in [-0.39, 0.29) is 18.2 Å². The van der Waals surface area contributed by atoms with Gasteiger partial charge in [0.15, 0.2) is 6.10 Å². The van der Waals surface area contributed by atoms with Crippen molar-refractivity contribution in [3.05, 3.63) is 24.3 Å². The molecule has 0 spiro atoms.